The van der Waals surface area contributed by atoms with E-state index >= 15 is 0 Å². The molecule has 0 atom stereocenters. The van der Waals surface area contributed by atoms with Gasteiger partial charge in [-0.2, -0.15) is 5.10 Å². The van der Waals surface area contributed by atoms with Crippen LogP contribution in [0.4, 0.5) is 5.00 Å². The van der Waals surface area contributed by atoms with Crippen LogP contribution in [0.2, 0.25) is 0 Å². The molecule has 1 aliphatic heterocycles. The Morgan fingerprint density at radius 2 is 2.12 bits per heavy atom. The number of fused-ring (bicyclic) bond motifs is 1. The zero-order chi connectivity index (χ0) is 18.3. The summed E-state index contributed by atoms with van der Waals surface area (Å²) in [5, 5.41) is 7.54. The lowest BCUT2D eigenvalue weighted by Gasteiger charge is -2.30. The van der Waals surface area contributed by atoms with E-state index in [1.54, 1.807) is 17.8 Å². The Morgan fingerprint density at radius 1 is 1.40 bits per heavy atom. The molecule has 3 N–H and O–H groups in total. The number of thiophene rings is 1. The van der Waals surface area contributed by atoms with Crippen LogP contribution in [0.15, 0.2) is 6.07 Å². The molecule has 3 rings (SSSR count). The molecule has 2 amide bonds. The quantitative estimate of drug-likeness (QED) is 0.870. The molecule has 8 heteroatoms. The van der Waals surface area contributed by atoms with Crippen molar-refractivity contribution in [1.29, 1.82) is 0 Å². The SMILES string of the molecule is Cc1cc(C(=O)Nc2sc3c(c2C(N)=O)CCN(C(C)C)C3)nn1C. The van der Waals surface area contributed by atoms with Gasteiger partial charge < -0.3 is 11.1 Å². The number of primary amides is 1. The maximum atomic E-state index is 12.5. The molecule has 7 nitrogen and oxygen atoms in total. The minimum atomic E-state index is -0.497. The summed E-state index contributed by atoms with van der Waals surface area (Å²) < 4.78 is 1.64. The number of amides is 2. The number of rotatable bonds is 4. The molecule has 25 heavy (non-hydrogen) atoms. The molecule has 1 aliphatic rings. The number of aromatic nitrogens is 2. The zero-order valence-corrected chi connectivity index (χ0v) is 15.7. The molecule has 0 radical (unpaired) electrons. The lowest BCUT2D eigenvalue weighted by atomic mass is 10.0. The van der Waals surface area contributed by atoms with Crippen LogP contribution in [-0.4, -0.2) is 39.1 Å². The van der Waals surface area contributed by atoms with Gasteiger partial charge in [0, 0.05) is 36.8 Å². The summed E-state index contributed by atoms with van der Waals surface area (Å²) in [7, 11) is 1.78. The fourth-order valence-corrected chi connectivity index (χ4v) is 4.33. The molecule has 3 heterocycles. The lowest BCUT2D eigenvalue weighted by Crippen LogP contribution is -2.35. The van der Waals surface area contributed by atoms with Gasteiger partial charge in [0.15, 0.2) is 5.69 Å². The highest BCUT2D eigenvalue weighted by atomic mass is 32.1. The van der Waals surface area contributed by atoms with Gasteiger partial charge >= 0.3 is 0 Å². The van der Waals surface area contributed by atoms with E-state index in [0.717, 1.165) is 35.6 Å². The summed E-state index contributed by atoms with van der Waals surface area (Å²) in [6.45, 7) is 7.84. The Labute approximate surface area is 150 Å². The lowest BCUT2D eigenvalue weighted by molar-refractivity contribution is 0.0999. The van der Waals surface area contributed by atoms with Crippen molar-refractivity contribution in [1.82, 2.24) is 14.7 Å². The van der Waals surface area contributed by atoms with Crippen molar-refractivity contribution in [2.75, 3.05) is 11.9 Å². The van der Waals surface area contributed by atoms with Crippen molar-refractivity contribution < 1.29 is 9.59 Å². The normalized spacial score (nSPS) is 14.6. The minimum Gasteiger partial charge on any atom is -0.365 e. The van der Waals surface area contributed by atoms with Gasteiger partial charge in [0.05, 0.1) is 5.56 Å². The van der Waals surface area contributed by atoms with Gasteiger partial charge in [-0.15, -0.1) is 11.3 Å². The minimum absolute atomic E-state index is 0.325. The zero-order valence-electron chi connectivity index (χ0n) is 14.9. The highest BCUT2D eigenvalue weighted by Crippen LogP contribution is 2.37. The fraction of sp³-hybridized carbons (Fsp3) is 0.471. The molecule has 0 aromatic carbocycles. The number of nitrogens with one attached hydrogen (secondary N) is 1. The fourth-order valence-electron chi connectivity index (χ4n) is 3.05. The summed E-state index contributed by atoms with van der Waals surface area (Å²) in [4.78, 5) is 27.9. The first-order chi connectivity index (χ1) is 11.8. The molecule has 0 saturated heterocycles. The van der Waals surface area contributed by atoms with Crippen molar-refractivity contribution in [2.24, 2.45) is 12.8 Å². The summed E-state index contributed by atoms with van der Waals surface area (Å²) in [6.07, 6.45) is 0.765. The van der Waals surface area contributed by atoms with Crippen molar-refractivity contribution in [3.63, 3.8) is 0 Å². The molecule has 134 valence electrons. The van der Waals surface area contributed by atoms with Crippen molar-refractivity contribution >= 4 is 28.2 Å². The molecule has 0 aliphatic carbocycles. The predicted octanol–water partition coefficient (Wildman–Crippen LogP) is 1.91. The molecule has 2 aromatic heterocycles. The van der Waals surface area contributed by atoms with Gasteiger partial charge in [-0.05, 0) is 38.8 Å². The third-order valence-electron chi connectivity index (χ3n) is 4.64. The van der Waals surface area contributed by atoms with Crippen LogP contribution >= 0.6 is 11.3 Å². The second-order valence-corrected chi connectivity index (χ2v) is 7.74. The van der Waals surface area contributed by atoms with E-state index in [1.807, 2.05) is 6.92 Å². The number of carbonyl (C=O) groups is 2. The summed E-state index contributed by atoms with van der Waals surface area (Å²) in [6, 6.07) is 2.15. The highest BCUT2D eigenvalue weighted by molar-refractivity contribution is 7.17. The van der Waals surface area contributed by atoms with Gasteiger partial charge in [-0.25, -0.2) is 0 Å². The molecule has 0 unspecified atom stereocenters. The summed E-state index contributed by atoms with van der Waals surface area (Å²) >= 11 is 1.44. The van der Waals surface area contributed by atoms with E-state index in [1.165, 1.54) is 11.3 Å². The van der Waals surface area contributed by atoms with E-state index in [2.05, 4.69) is 29.2 Å². The second-order valence-electron chi connectivity index (χ2n) is 6.64. The van der Waals surface area contributed by atoms with Crippen LogP contribution in [0.3, 0.4) is 0 Å². The smallest absolute Gasteiger partial charge is 0.276 e. The summed E-state index contributed by atoms with van der Waals surface area (Å²) in [5.74, 6) is -0.825. The Kier molecular flexibility index (Phi) is 4.66. The average molecular weight is 361 g/mol. The Balaban J connectivity index is 1.91. The van der Waals surface area contributed by atoms with Gasteiger partial charge in [0.1, 0.15) is 5.00 Å². The largest absolute Gasteiger partial charge is 0.365 e. The topological polar surface area (TPSA) is 93.2 Å². The number of hydrogen-bond donors (Lipinski definition) is 2. The Bertz CT molecular complexity index is 817. The van der Waals surface area contributed by atoms with Gasteiger partial charge in [-0.1, -0.05) is 0 Å². The van der Waals surface area contributed by atoms with Crippen LogP contribution in [0.5, 0.6) is 0 Å². The Hall–Kier alpha value is -2.19. The van der Waals surface area contributed by atoms with E-state index < -0.39 is 5.91 Å². The first-order valence-electron chi connectivity index (χ1n) is 8.28. The number of aryl methyl sites for hydroxylation is 2. The van der Waals surface area contributed by atoms with Gasteiger partial charge in [-0.3, -0.25) is 19.2 Å². The maximum Gasteiger partial charge on any atom is 0.276 e. The van der Waals surface area contributed by atoms with E-state index in [0.29, 0.717) is 22.3 Å². The van der Waals surface area contributed by atoms with Crippen LogP contribution in [0, 0.1) is 6.92 Å². The second kappa shape index (κ2) is 6.61. The van der Waals surface area contributed by atoms with Crippen molar-refractivity contribution in [3.05, 3.63) is 33.5 Å². The van der Waals surface area contributed by atoms with Crippen molar-refractivity contribution in [3.8, 4) is 0 Å². The van der Waals surface area contributed by atoms with Gasteiger partial charge in [0.25, 0.3) is 11.8 Å². The van der Waals surface area contributed by atoms with Crippen LogP contribution in [-0.2, 0) is 20.0 Å². The van der Waals surface area contributed by atoms with E-state index in [-0.39, 0.29) is 5.91 Å². The number of carbonyl (C=O) groups excluding carboxylic acids is 2. The molecular formula is C17H23N5O2S. The number of nitrogens with zero attached hydrogens (tertiary/aromatic N) is 3. The first kappa shape index (κ1) is 17.6. The molecule has 0 saturated carbocycles. The maximum absolute atomic E-state index is 12.5. The number of nitrogens with two attached hydrogens (primary N) is 1. The molecule has 2 aromatic rings. The standard InChI is InChI=1S/C17H23N5O2S/c1-9(2)22-6-5-11-13(8-22)25-17(14(11)15(18)23)19-16(24)12-7-10(3)21(4)20-12/h7,9H,5-6,8H2,1-4H3,(H2,18,23)(H,19,24). The third kappa shape index (κ3) is 3.32. The van der Waals surface area contributed by atoms with E-state index in [4.69, 9.17) is 5.73 Å². The van der Waals surface area contributed by atoms with Crippen LogP contribution < -0.4 is 11.1 Å². The van der Waals surface area contributed by atoms with Crippen LogP contribution in [0.1, 0.15) is 50.8 Å². The number of hydrogen-bond acceptors (Lipinski definition) is 5. The summed E-state index contributed by atoms with van der Waals surface area (Å²) in [5.41, 5.74) is 8.24. The monoisotopic (exact) mass is 361 g/mol. The molecular weight excluding hydrogens is 338 g/mol. The molecule has 0 fully saturated rings. The van der Waals surface area contributed by atoms with Crippen LogP contribution in [0.25, 0.3) is 0 Å². The molecule has 0 bridgehead atoms. The average Bonchev–Trinajstić information content (AvgIpc) is 3.06. The third-order valence-corrected chi connectivity index (χ3v) is 5.77. The number of anilines is 1. The predicted molar refractivity (Wildman–Crippen MR) is 98.0 cm³/mol. The first-order valence-corrected chi connectivity index (χ1v) is 9.10. The Morgan fingerprint density at radius 3 is 2.68 bits per heavy atom. The highest BCUT2D eigenvalue weighted by Gasteiger charge is 2.28. The molecule has 0 spiro atoms. The van der Waals surface area contributed by atoms with Crippen molar-refractivity contribution in [2.45, 2.75) is 39.8 Å². The van der Waals surface area contributed by atoms with Gasteiger partial charge in [0.2, 0.25) is 0 Å². The van der Waals surface area contributed by atoms with E-state index in [9.17, 15) is 9.59 Å².